The highest BCUT2D eigenvalue weighted by molar-refractivity contribution is 5.71. The van der Waals surface area contributed by atoms with E-state index in [0.29, 0.717) is 19.3 Å². The molecule has 0 aromatic rings. The van der Waals surface area contributed by atoms with Gasteiger partial charge in [0.15, 0.2) is 6.10 Å². The summed E-state index contributed by atoms with van der Waals surface area (Å²) in [4.78, 5) is 38.0. The molecule has 6 heteroatoms. The van der Waals surface area contributed by atoms with Crippen molar-refractivity contribution in [1.29, 1.82) is 0 Å². The molecule has 0 aliphatic carbocycles. The van der Waals surface area contributed by atoms with Gasteiger partial charge in [-0.3, -0.25) is 14.4 Å². The highest BCUT2D eigenvalue weighted by Gasteiger charge is 2.19. The number of rotatable bonds is 51. The molecular weight excluding hydrogens is 781 g/mol. The van der Waals surface area contributed by atoms with Crippen LogP contribution in [0.25, 0.3) is 0 Å². The van der Waals surface area contributed by atoms with Crippen LogP contribution < -0.4 is 0 Å². The fraction of sp³-hybridized carbons (Fsp3) is 0.947. The number of hydrogen-bond donors (Lipinski definition) is 0. The first-order valence-electron chi connectivity index (χ1n) is 28.2. The predicted octanol–water partition coefficient (Wildman–Crippen LogP) is 18.5. The van der Waals surface area contributed by atoms with E-state index in [2.05, 4.69) is 34.6 Å². The molecule has 6 nitrogen and oxygen atoms in total. The monoisotopic (exact) mass is 891 g/mol. The van der Waals surface area contributed by atoms with Crippen LogP contribution in [0.4, 0.5) is 0 Å². The Balaban J connectivity index is 4.22. The van der Waals surface area contributed by atoms with Gasteiger partial charge in [-0.2, -0.15) is 0 Å². The Bertz CT molecular complexity index is 962. The van der Waals surface area contributed by atoms with Crippen molar-refractivity contribution in [2.45, 2.75) is 323 Å². The molecule has 63 heavy (non-hydrogen) atoms. The molecule has 0 aromatic heterocycles. The molecule has 0 N–H and O–H groups in total. The summed E-state index contributed by atoms with van der Waals surface area (Å²) in [7, 11) is 0. The Morgan fingerprint density at radius 3 is 0.778 bits per heavy atom. The van der Waals surface area contributed by atoms with E-state index >= 15 is 0 Å². The maximum absolute atomic E-state index is 12.8. The van der Waals surface area contributed by atoms with Gasteiger partial charge in [0.25, 0.3) is 0 Å². The molecule has 0 aromatic carbocycles. The van der Waals surface area contributed by atoms with Gasteiger partial charge in [-0.1, -0.05) is 279 Å². The largest absolute Gasteiger partial charge is 0.462 e. The van der Waals surface area contributed by atoms with E-state index in [1.165, 1.54) is 205 Å². The van der Waals surface area contributed by atoms with Gasteiger partial charge >= 0.3 is 17.9 Å². The van der Waals surface area contributed by atoms with Crippen molar-refractivity contribution in [3.63, 3.8) is 0 Å². The summed E-state index contributed by atoms with van der Waals surface area (Å²) in [5, 5.41) is 0. The molecule has 0 amide bonds. The molecule has 0 rings (SSSR count). The lowest BCUT2D eigenvalue weighted by molar-refractivity contribution is -0.167. The molecule has 0 aliphatic heterocycles. The van der Waals surface area contributed by atoms with Crippen LogP contribution in [0.15, 0.2) is 0 Å². The molecule has 1 atom stereocenters. The van der Waals surface area contributed by atoms with E-state index in [0.717, 1.165) is 69.6 Å². The zero-order valence-electron chi connectivity index (χ0n) is 43.2. The van der Waals surface area contributed by atoms with Gasteiger partial charge < -0.3 is 14.2 Å². The first-order valence-corrected chi connectivity index (χ1v) is 28.2. The van der Waals surface area contributed by atoms with Crippen LogP contribution in [0.1, 0.15) is 317 Å². The molecule has 0 spiro atoms. The fourth-order valence-electron chi connectivity index (χ4n) is 8.70. The summed E-state index contributed by atoms with van der Waals surface area (Å²) in [5.74, 6) is 0.771. The van der Waals surface area contributed by atoms with Gasteiger partial charge in [-0.15, -0.1) is 0 Å². The summed E-state index contributed by atoms with van der Waals surface area (Å²) in [5.41, 5.74) is 0. The zero-order chi connectivity index (χ0) is 46.1. The van der Waals surface area contributed by atoms with Crippen LogP contribution in [0.2, 0.25) is 0 Å². The van der Waals surface area contributed by atoms with Gasteiger partial charge in [-0.05, 0) is 31.1 Å². The molecule has 0 radical (unpaired) electrons. The third-order valence-corrected chi connectivity index (χ3v) is 13.0. The highest BCUT2D eigenvalue weighted by atomic mass is 16.6. The summed E-state index contributed by atoms with van der Waals surface area (Å²) >= 11 is 0. The minimum Gasteiger partial charge on any atom is -0.462 e. The van der Waals surface area contributed by atoms with Crippen LogP contribution >= 0.6 is 0 Å². The number of esters is 3. The zero-order valence-corrected chi connectivity index (χ0v) is 43.2. The van der Waals surface area contributed by atoms with Crippen LogP contribution in [-0.2, 0) is 28.6 Å². The Morgan fingerprint density at radius 1 is 0.302 bits per heavy atom. The number of hydrogen-bond acceptors (Lipinski definition) is 6. The lowest BCUT2D eigenvalue weighted by atomic mass is 10.0. The Kier molecular flexibility index (Phi) is 48.6. The third-order valence-electron chi connectivity index (χ3n) is 13.0. The van der Waals surface area contributed by atoms with Gasteiger partial charge in [0.1, 0.15) is 13.2 Å². The van der Waals surface area contributed by atoms with Crippen molar-refractivity contribution in [2.75, 3.05) is 13.2 Å². The number of carbonyl (C=O) groups excluding carboxylic acids is 3. The maximum atomic E-state index is 12.8. The average molecular weight is 892 g/mol. The lowest BCUT2D eigenvalue weighted by Gasteiger charge is -2.18. The Hall–Kier alpha value is -1.59. The minimum atomic E-state index is -0.763. The molecule has 0 heterocycles. The van der Waals surface area contributed by atoms with Crippen molar-refractivity contribution in [1.82, 2.24) is 0 Å². The van der Waals surface area contributed by atoms with E-state index in [1.54, 1.807) is 0 Å². The third kappa shape index (κ3) is 51.3. The lowest BCUT2D eigenvalue weighted by Crippen LogP contribution is -2.30. The number of unbranched alkanes of at least 4 members (excludes halogenated alkanes) is 36. The smallest absolute Gasteiger partial charge is 0.306 e. The Morgan fingerprint density at radius 2 is 0.524 bits per heavy atom. The first kappa shape index (κ1) is 61.4. The van der Waals surface area contributed by atoms with Crippen molar-refractivity contribution in [2.24, 2.45) is 11.8 Å². The standard InChI is InChI=1S/C57H110O6/c1-6-7-8-9-10-11-12-13-14-15-16-17-18-21-24-27-32-37-42-47-55(58)61-50-54(63-57(60)49-44-39-34-29-31-36-41-46-53(4)5)51-62-56(59)48-43-38-33-28-25-22-19-20-23-26-30-35-40-45-52(2)3/h52-54H,6-51H2,1-5H3/t54-/m0/s1. The van der Waals surface area contributed by atoms with Crippen molar-refractivity contribution in [3.8, 4) is 0 Å². The topological polar surface area (TPSA) is 78.9 Å². The fourth-order valence-corrected chi connectivity index (χ4v) is 8.70. The van der Waals surface area contributed by atoms with Crippen molar-refractivity contribution in [3.05, 3.63) is 0 Å². The molecule has 0 saturated heterocycles. The number of carbonyl (C=O) groups is 3. The summed E-state index contributed by atoms with van der Waals surface area (Å²) in [6.07, 6.45) is 52.5. The van der Waals surface area contributed by atoms with Gasteiger partial charge in [0.05, 0.1) is 0 Å². The molecule has 374 valence electrons. The summed E-state index contributed by atoms with van der Waals surface area (Å²) in [6, 6.07) is 0. The first-order chi connectivity index (χ1) is 30.7. The maximum Gasteiger partial charge on any atom is 0.306 e. The Labute approximate surface area is 393 Å². The molecule has 0 unspecified atom stereocenters. The van der Waals surface area contributed by atoms with E-state index in [9.17, 15) is 14.4 Å². The second-order valence-corrected chi connectivity index (χ2v) is 20.5. The van der Waals surface area contributed by atoms with E-state index in [-0.39, 0.29) is 31.1 Å². The molecule has 0 aliphatic rings. The number of ether oxygens (including phenoxy) is 3. The van der Waals surface area contributed by atoms with Crippen LogP contribution in [0.3, 0.4) is 0 Å². The van der Waals surface area contributed by atoms with Gasteiger partial charge in [-0.25, -0.2) is 0 Å². The van der Waals surface area contributed by atoms with E-state index in [4.69, 9.17) is 14.2 Å². The quantitative estimate of drug-likeness (QED) is 0.0344. The SMILES string of the molecule is CCCCCCCCCCCCCCCCCCCCCC(=O)OC[C@@H](COC(=O)CCCCCCCCCCCCCCCC(C)C)OC(=O)CCCCCCCCCC(C)C. The van der Waals surface area contributed by atoms with E-state index < -0.39 is 6.10 Å². The van der Waals surface area contributed by atoms with Crippen molar-refractivity contribution < 1.29 is 28.6 Å². The average Bonchev–Trinajstić information content (AvgIpc) is 3.25. The van der Waals surface area contributed by atoms with Gasteiger partial charge in [0, 0.05) is 19.3 Å². The van der Waals surface area contributed by atoms with Crippen LogP contribution in [0.5, 0.6) is 0 Å². The van der Waals surface area contributed by atoms with E-state index in [1.807, 2.05) is 0 Å². The molecule has 0 saturated carbocycles. The normalized spacial score (nSPS) is 12.0. The van der Waals surface area contributed by atoms with Crippen molar-refractivity contribution >= 4 is 17.9 Å². The summed E-state index contributed by atoms with van der Waals surface area (Å²) in [6.45, 7) is 11.4. The van der Waals surface area contributed by atoms with Crippen LogP contribution in [0, 0.1) is 11.8 Å². The molecule has 0 bridgehead atoms. The molecular formula is C57H110O6. The van der Waals surface area contributed by atoms with Crippen LogP contribution in [-0.4, -0.2) is 37.2 Å². The highest BCUT2D eigenvalue weighted by Crippen LogP contribution is 2.18. The summed E-state index contributed by atoms with van der Waals surface area (Å²) < 4.78 is 16.8. The second kappa shape index (κ2) is 49.8. The molecule has 0 fully saturated rings. The minimum absolute atomic E-state index is 0.0638. The van der Waals surface area contributed by atoms with Gasteiger partial charge in [0.2, 0.25) is 0 Å². The second-order valence-electron chi connectivity index (χ2n) is 20.5. The predicted molar refractivity (Wildman–Crippen MR) is 270 cm³/mol.